The van der Waals surface area contributed by atoms with Gasteiger partial charge in [0.2, 0.25) is 5.83 Å². The maximum atomic E-state index is 14.0. The van der Waals surface area contributed by atoms with Crippen molar-refractivity contribution in [3.05, 3.63) is 46.0 Å². The first kappa shape index (κ1) is 21.0. The van der Waals surface area contributed by atoms with E-state index in [1.807, 2.05) is 0 Å². The number of alkyl halides is 8. The van der Waals surface area contributed by atoms with Crippen LogP contribution in [0.25, 0.3) is 11.1 Å². The van der Waals surface area contributed by atoms with Crippen LogP contribution in [0.1, 0.15) is 11.1 Å². The van der Waals surface area contributed by atoms with Gasteiger partial charge in [0, 0.05) is 11.1 Å². The number of halogens is 14. The molecule has 0 aliphatic heterocycles. The topological polar surface area (TPSA) is 0 Å². The molecule has 0 bridgehead atoms. The summed E-state index contributed by atoms with van der Waals surface area (Å²) in [5, 5.41) is 0. The molecular formula is C13F14. The van der Waals surface area contributed by atoms with Crippen LogP contribution in [0, 0.1) is 23.3 Å². The van der Waals surface area contributed by atoms with Gasteiger partial charge in [0.15, 0.2) is 23.3 Å². The fourth-order valence-electron chi connectivity index (χ4n) is 2.23. The quantitative estimate of drug-likeness (QED) is 0.280. The fourth-order valence-corrected chi connectivity index (χ4v) is 2.23. The first-order valence-corrected chi connectivity index (χ1v) is 6.15. The van der Waals surface area contributed by atoms with Crippen molar-refractivity contribution in [1.29, 1.82) is 0 Å². The van der Waals surface area contributed by atoms with Crippen molar-refractivity contribution in [2.75, 3.05) is 0 Å². The minimum Gasteiger partial charge on any atom is -0.206 e. The molecule has 1 aliphatic rings. The number of hydrogen-bond acceptors (Lipinski definition) is 0. The van der Waals surface area contributed by atoms with Crippen molar-refractivity contribution < 1.29 is 61.5 Å². The maximum absolute atomic E-state index is 14.0. The summed E-state index contributed by atoms with van der Waals surface area (Å²) in [4.78, 5) is 0. The van der Waals surface area contributed by atoms with Crippen LogP contribution in [-0.2, 0) is 0 Å². The molecule has 0 saturated heterocycles. The highest BCUT2D eigenvalue weighted by molar-refractivity contribution is 6.01. The molecule has 0 spiro atoms. The lowest BCUT2D eigenvalue weighted by Crippen LogP contribution is -2.38. The molecule has 1 aliphatic carbocycles. The van der Waals surface area contributed by atoms with Gasteiger partial charge in [-0.1, -0.05) is 0 Å². The molecule has 27 heavy (non-hydrogen) atoms. The zero-order valence-corrected chi connectivity index (χ0v) is 11.8. The van der Waals surface area contributed by atoms with E-state index in [2.05, 4.69) is 0 Å². The summed E-state index contributed by atoms with van der Waals surface area (Å²) in [7, 11) is 0. The summed E-state index contributed by atoms with van der Waals surface area (Å²) in [6, 6.07) is 0. The smallest absolute Gasteiger partial charge is 0.206 e. The summed E-state index contributed by atoms with van der Waals surface area (Å²) >= 11 is 0. The Balaban J connectivity index is 3.13. The van der Waals surface area contributed by atoms with Crippen molar-refractivity contribution in [1.82, 2.24) is 0 Å². The first-order chi connectivity index (χ1) is 12.0. The van der Waals surface area contributed by atoms with E-state index in [1.54, 1.807) is 0 Å². The van der Waals surface area contributed by atoms with Gasteiger partial charge in [-0.05, 0) is 0 Å². The minimum absolute atomic E-state index is 2.60. The second-order valence-electron chi connectivity index (χ2n) is 4.95. The first-order valence-electron chi connectivity index (χ1n) is 6.15. The second kappa shape index (κ2) is 5.86. The van der Waals surface area contributed by atoms with Crippen molar-refractivity contribution in [2.24, 2.45) is 0 Å². The molecular weight excluding hydrogens is 422 g/mol. The monoisotopic (exact) mass is 422 g/mol. The van der Waals surface area contributed by atoms with Gasteiger partial charge in [-0.3, -0.25) is 0 Å². The number of benzene rings is 1. The fraction of sp³-hybridized carbons (Fsp3) is 0.231. The van der Waals surface area contributed by atoms with E-state index in [-0.39, 0.29) is 0 Å². The Kier molecular flexibility index (Phi) is 4.56. The summed E-state index contributed by atoms with van der Waals surface area (Å²) in [6.07, 6.45) is -13.1. The molecule has 0 heterocycles. The Morgan fingerprint density at radius 2 is 1.00 bits per heavy atom. The molecule has 0 nitrogen and oxygen atoms in total. The minimum atomic E-state index is -6.80. The van der Waals surface area contributed by atoms with Gasteiger partial charge in [0.1, 0.15) is 5.83 Å². The molecule has 0 saturated carbocycles. The van der Waals surface area contributed by atoms with Crippen LogP contribution in [0.2, 0.25) is 0 Å². The third kappa shape index (κ3) is 2.84. The van der Waals surface area contributed by atoms with Crippen LogP contribution in [0.15, 0.2) is 11.7 Å². The maximum Gasteiger partial charge on any atom is 0.458 e. The van der Waals surface area contributed by atoms with Crippen LogP contribution in [0.5, 0.6) is 0 Å². The van der Waals surface area contributed by atoms with Gasteiger partial charge in [-0.25, -0.2) is 26.3 Å². The van der Waals surface area contributed by atoms with E-state index in [0.29, 0.717) is 0 Å². The van der Waals surface area contributed by atoms with Crippen LogP contribution in [0.4, 0.5) is 61.5 Å². The standard InChI is InChI=1S/C13F14/c14-5-3(10(19)12(22,23)24)1-2(4(5)11(20,21)13(25,26)27)7(16)9(18)8(17)6(1)15. The Hall–Kier alpha value is -2.28. The van der Waals surface area contributed by atoms with Gasteiger partial charge in [-0.2, -0.15) is 35.1 Å². The summed E-state index contributed by atoms with van der Waals surface area (Å²) in [5.41, 5.74) is -11.6. The molecule has 0 fully saturated rings. The molecule has 0 radical (unpaired) electrons. The lowest BCUT2D eigenvalue weighted by atomic mass is 9.97. The van der Waals surface area contributed by atoms with Crippen LogP contribution >= 0.6 is 0 Å². The highest BCUT2D eigenvalue weighted by atomic mass is 19.4. The van der Waals surface area contributed by atoms with Crippen molar-refractivity contribution in [3.63, 3.8) is 0 Å². The number of fused-ring (bicyclic) bond motifs is 1. The Labute approximate surface area is 138 Å². The third-order valence-electron chi connectivity index (χ3n) is 3.34. The van der Waals surface area contributed by atoms with E-state index in [0.717, 1.165) is 0 Å². The van der Waals surface area contributed by atoms with Crippen molar-refractivity contribution >= 4 is 11.1 Å². The average Bonchev–Trinajstić information content (AvgIpc) is 2.81. The van der Waals surface area contributed by atoms with E-state index in [4.69, 9.17) is 0 Å². The zero-order chi connectivity index (χ0) is 21.3. The Bertz CT molecular complexity index is 880. The average molecular weight is 422 g/mol. The molecule has 1 aromatic rings. The predicted molar refractivity (Wildman–Crippen MR) is 59.4 cm³/mol. The van der Waals surface area contributed by atoms with Gasteiger partial charge in [0.25, 0.3) is 0 Å². The Morgan fingerprint density at radius 1 is 0.593 bits per heavy atom. The van der Waals surface area contributed by atoms with Crippen molar-refractivity contribution in [2.45, 2.75) is 18.3 Å². The number of hydrogen-bond donors (Lipinski definition) is 0. The zero-order valence-electron chi connectivity index (χ0n) is 11.8. The number of allylic oxidation sites excluding steroid dienone is 4. The van der Waals surface area contributed by atoms with Gasteiger partial charge in [0.05, 0.1) is 11.1 Å². The molecule has 1 aromatic carbocycles. The van der Waals surface area contributed by atoms with Gasteiger partial charge < -0.3 is 0 Å². The molecule has 2 rings (SSSR count). The molecule has 150 valence electrons. The normalized spacial score (nSPS) is 17.6. The summed E-state index contributed by atoms with van der Waals surface area (Å²) in [5.74, 6) is -25.7. The van der Waals surface area contributed by atoms with Crippen molar-refractivity contribution in [3.8, 4) is 0 Å². The summed E-state index contributed by atoms with van der Waals surface area (Å²) < 4.78 is 183. The molecule has 0 amide bonds. The number of rotatable bonds is 1. The lowest BCUT2D eigenvalue weighted by Gasteiger charge is -2.21. The molecule has 0 atom stereocenters. The molecule has 0 aromatic heterocycles. The lowest BCUT2D eigenvalue weighted by molar-refractivity contribution is -0.254. The highest BCUT2D eigenvalue weighted by Gasteiger charge is 2.64. The van der Waals surface area contributed by atoms with Crippen LogP contribution in [0.3, 0.4) is 0 Å². The largest absolute Gasteiger partial charge is 0.458 e. The molecule has 14 heteroatoms. The predicted octanol–water partition coefficient (Wildman–Crippen LogP) is 6.38. The van der Waals surface area contributed by atoms with E-state index >= 15 is 0 Å². The van der Waals surface area contributed by atoms with Crippen LogP contribution < -0.4 is 0 Å². The van der Waals surface area contributed by atoms with E-state index < -0.39 is 75.5 Å². The van der Waals surface area contributed by atoms with Gasteiger partial charge in [-0.15, -0.1) is 0 Å². The highest BCUT2D eigenvalue weighted by Crippen LogP contribution is 2.57. The van der Waals surface area contributed by atoms with E-state index in [9.17, 15) is 61.5 Å². The van der Waals surface area contributed by atoms with Crippen LogP contribution in [-0.4, -0.2) is 18.3 Å². The van der Waals surface area contributed by atoms with Gasteiger partial charge >= 0.3 is 18.3 Å². The van der Waals surface area contributed by atoms with E-state index in [1.165, 1.54) is 0 Å². The second-order valence-corrected chi connectivity index (χ2v) is 4.95. The SMILES string of the molecule is FC1=C(C(F)(F)C(F)(F)F)c2c(F)c(F)c(F)c(F)c2C1=C(F)C(F)(F)F. The Morgan fingerprint density at radius 3 is 1.37 bits per heavy atom. The summed E-state index contributed by atoms with van der Waals surface area (Å²) in [6.45, 7) is 0. The molecule has 0 unspecified atom stereocenters. The molecule has 0 N–H and O–H groups in total. The third-order valence-corrected chi connectivity index (χ3v) is 3.34.